The van der Waals surface area contributed by atoms with Crippen LogP contribution < -0.4 is 10.6 Å². The van der Waals surface area contributed by atoms with E-state index in [9.17, 15) is 13.2 Å². The Balaban J connectivity index is 1.52. The van der Waals surface area contributed by atoms with E-state index in [0.29, 0.717) is 30.3 Å². The summed E-state index contributed by atoms with van der Waals surface area (Å²) >= 11 is 6.89. The van der Waals surface area contributed by atoms with Crippen LogP contribution in [0.1, 0.15) is 12.8 Å². The van der Waals surface area contributed by atoms with Crippen LogP contribution in [0.3, 0.4) is 0 Å². The fraction of sp³-hybridized carbons (Fsp3) is 0.312. The number of piperidine rings is 1. The highest BCUT2D eigenvalue weighted by atomic mass is 35.5. The standard InChI is InChI=1S/C16H18ClN3O3S2/c17-14-6-7-15(24-14)25(22,23)20-10-8-13(9-11-20)19-16(21)18-12-4-2-1-3-5-12/h1-7,13H,8-11H2,(H2,18,19,21). The van der Waals surface area contributed by atoms with Crippen LogP contribution in [0.5, 0.6) is 0 Å². The van der Waals surface area contributed by atoms with Crippen LogP contribution in [0.2, 0.25) is 4.34 Å². The van der Waals surface area contributed by atoms with Crippen molar-refractivity contribution in [1.82, 2.24) is 9.62 Å². The molecule has 3 rings (SSSR count). The number of hydrogen-bond donors (Lipinski definition) is 2. The lowest BCUT2D eigenvalue weighted by Gasteiger charge is -2.31. The molecule has 1 aromatic carbocycles. The number of nitrogens with one attached hydrogen (secondary N) is 2. The predicted molar refractivity (Wildman–Crippen MR) is 99.7 cm³/mol. The molecule has 6 nitrogen and oxygen atoms in total. The number of nitrogens with zero attached hydrogens (tertiary/aromatic N) is 1. The van der Waals surface area contributed by atoms with E-state index in [1.165, 1.54) is 10.4 Å². The lowest BCUT2D eigenvalue weighted by molar-refractivity contribution is 0.238. The summed E-state index contributed by atoms with van der Waals surface area (Å²) in [6.07, 6.45) is 1.14. The van der Waals surface area contributed by atoms with Gasteiger partial charge in [-0.05, 0) is 37.1 Å². The SMILES string of the molecule is O=C(Nc1ccccc1)NC1CCN(S(=O)(=O)c2ccc(Cl)s2)CC1. The van der Waals surface area contributed by atoms with Gasteiger partial charge in [0.15, 0.2) is 0 Å². The first-order chi connectivity index (χ1) is 11.9. The number of sulfonamides is 1. The molecule has 2 amide bonds. The van der Waals surface area contributed by atoms with Crippen LogP contribution in [0.15, 0.2) is 46.7 Å². The molecule has 0 radical (unpaired) electrons. The number of anilines is 1. The van der Waals surface area contributed by atoms with Gasteiger partial charge >= 0.3 is 6.03 Å². The van der Waals surface area contributed by atoms with E-state index < -0.39 is 10.0 Å². The molecule has 0 bridgehead atoms. The average molecular weight is 400 g/mol. The smallest absolute Gasteiger partial charge is 0.319 e. The van der Waals surface area contributed by atoms with Gasteiger partial charge in [0.1, 0.15) is 4.21 Å². The Bertz CT molecular complexity index is 831. The number of halogens is 1. The van der Waals surface area contributed by atoms with Gasteiger partial charge in [-0.3, -0.25) is 0 Å². The molecule has 25 heavy (non-hydrogen) atoms. The second kappa shape index (κ2) is 7.74. The van der Waals surface area contributed by atoms with E-state index in [2.05, 4.69) is 10.6 Å². The molecule has 2 N–H and O–H groups in total. The summed E-state index contributed by atoms with van der Waals surface area (Å²) in [5.74, 6) is 0. The number of carbonyl (C=O) groups is 1. The third kappa shape index (κ3) is 4.52. The van der Waals surface area contributed by atoms with Gasteiger partial charge in [0.25, 0.3) is 10.0 Å². The molecule has 1 saturated heterocycles. The zero-order chi connectivity index (χ0) is 17.9. The highest BCUT2D eigenvalue weighted by Crippen LogP contribution is 2.29. The number of para-hydroxylation sites is 1. The molecule has 0 saturated carbocycles. The molecule has 1 fully saturated rings. The Morgan fingerprint density at radius 2 is 1.80 bits per heavy atom. The largest absolute Gasteiger partial charge is 0.335 e. The fourth-order valence-electron chi connectivity index (χ4n) is 2.68. The maximum atomic E-state index is 12.5. The van der Waals surface area contributed by atoms with Crippen molar-refractivity contribution < 1.29 is 13.2 Å². The summed E-state index contributed by atoms with van der Waals surface area (Å²) in [5, 5.41) is 5.66. The lowest BCUT2D eigenvalue weighted by atomic mass is 10.1. The van der Waals surface area contributed by atoms with E-state index in [4.69, 9.17) is 11.6 Å². The Kier molecular flexibility index (Phi) is 5.63. The second-order valence-electron chi connectivity index (χ2n) is 5.70. The zero-order valence-electron chi connectivity index (χ0n) is 13.3. The van der Waals surface area contributed by atoms with Gasteiger partial charge in [0.2, 0.25) is 0 Å². The first-order valence-electron chi connectivity index (χ1n) is 7.83. The summed E-state index contributed by atoms with van der Waals surface area (Å²) in [6.45, 7) is 0.738. The number of hydrogen-bond acceptors (Lipinski definition) is 4. The van der Waals surface area contributed by atoms with Crippen molar-refractivity contribution in [2.24, 2.45) is 0 Å². The molecule has 1 aromatic heterocycles. The molecule has 1 aliphatic rings. The molecular weight excluding hydrogens is 382 g/mol. The van der Waals surface area contributed by atoms with Crippen molar-refractivity contribution in [2.45, 2.75) is 23.1 Å². The van der Waals surface area contributed by atoms with E-state index in [0.717, 1.165) is 17.0 Å². The minimum atomic E-state index is -3.50. The first-order valence-corrected chi connectivity index (χ1v) is 10.5. The van der Waals surface area contributed by atoms with Crippen LogP contribution in [0, 0.1) is 0 Å². The van der Waals surface area contributed by atoms with Gasteiger partial charge in [0, 0.05) is 24.8 Å². The number of thiophene rings is 1. The molecular formula is C16H18ClN3O3S2. The summed E-state index contributed by atoms with van der Waals surface area (Å²) in [5.41, 5.74) is 0.717. The Morgan fingerprint density at radius 3 is 2.40 bits per heavy atom. The van der Waals surface area contributed by atoms with Crippen molar-refractivity contribution in [3.63, 3.8) is 0 Å². The lowest BCUT2D eigenvalue weighted by Crippen LogP contribution is -2.47. The van der Waals surface area contributed by atoms with Gasteiger partial charge < -0.3 is 10.6 Å². The zero-order valence-corrected chi connectivity index (χ0v) is 15.7. The number of amides is 2. The minimum Gasteiger partial charge on any atom is -0.335 e. The first kappa shape index (κ1) is 18.2. The van der Waals surface area contributed by atoms with Gasteiger partial charge in [-0.25, -0.2) is 13.2 Å². The van der Waals surface area contributed by atoms with E-state index >= 15 is 0 Å². The topological polar surface area (TPSA) is 78.5 Å². The van der Waals surface area contributed by atoms with E-state index in [1.807, 2.05) is 18.2 Å². The molecule has 134 valence electrons. The summed E-state index contributed by atoms with van der Waals surface area (Å²) < 4.78 is 27.3. The molecule has 0 atom stereocenters. The molecule has 1 aliphatic heterocycles. The Morgan fingerprint density at radius 1 is 1.12 bits per heavy atom. The molecule has 0 spiro atoms. The monoisotopic (exact) mass is 399 g/mol. The van der Waals surface area contributed by atoms with E-state index in [1.54, 1.807) is 18.2 Å². The molecule has 9 heteroatoms. The maximum absolute atomic E-state index is 12.5. The van der Waals surface area contributed by atoms with Crippen LogP contribution in [0.4, 0.5) is 10.5 Å². The van der Waals surface area contributed by atoms with E-state index in [-0.39, 0.29) is 16.3 Å². The van der Waals surface area contributed by atoms with Crippen LogP contribution in [-0.4, -0.2) is 37.9 Å². The highest BCUT2D eigenvalue weighted by Gasteiger charge is 2.30. The predicted octanol–water partition coefficient (Wildman–Crippen LogP) is 3.38. The van der Waals surface area contributed by atoms with Crippen LogP contribution in [0.25, 0.3) is 0 Å². The maximum Gasteiger partial charge on any atom is 0.319 e. The average Bonchev–Trinajstić information content (AvgIpc) is 3.03. The third-order valence-electron chi connectivity index (χ3n) is 3.96. The number of rotatable bonds is 4. The highest BCUT2D eigenvalue weighted by molar-refractivity contribution is 7.91. The van der Waals surface area contributed by atoms with Crippen molar-refractivity contribution >= 4 is 44.7 Å². The van der Waals surface area contributed by atoms with Gasteiger partial charge in [0.05, 0.1) is 4.34 Å². The van der Waals surface area contributed by atoms with Crippen molar-refractivity contribution in [1.29, 1.82) is 0 Å². The minimum absolute atomic E-state index is 0.0536. The second-order valence-corrected chi connectivity index (χ2v) is 9.58. The Hall–Kier alpha value is -1.61. The van der Waals surface area contributed by atoms with Crippen molar-refractivity contribution in [3.8, 4) is 0 Å². The molecule has 0 aliphatic carbocycles. The fourth-order valence-corrected chi connectivity index (χ4v) is 5.78. The van der Waals surface area contributed by atoms with Crippen molar-refractivity contribution in [2.75, 3.05) is 18.4 Å². The summed E-state index contributed by atoms with van der Waals surface area (Å²) in [6, 6.07) is 12.0. The van der Waals surface area contributed by atoms with Crippen LogP contribution in [-0.2, 0) is 10.0 Å². The molecule has 2 aromatic rings. The normalized spacial score (nSPS) is 16.5. The van der Waals surface area contributed by atoms with Crippen LogP contribution >= 0.6 is 22.9 Å². The van der Waals surface area contributed by atoms with Gasteiger partial charge in [-0.15, -0.1) is 11.3 Å². The molecule has 0 unspecified atom stereocenters. The van der Waals surface area contributed by atoms with Gasteiger partial charge in [-0.1, -0.05) is 29.8 Å². The Labute approximate surface area is 155 Å². The summed E-state index contributed by atoms with van der Waals surface area (Å²) in [7, 11) is -3.50. The van der Waals surface area contributed by atoms with Gasteiger partial charge in [-0.2, -0.15) is 4.31 Å². The third-order valence-corrected chi connectivity index (χ3v) is 7.56. The number of urea groups is 1. The summed E-state index contributed by atoms with van der Waals surface area (Å²) in [4.78, 5) is 12.0. The quantitative estimate of drug-likeness (QED) is 0.827. The molecule has 2 heterocycles. The number of benzene rings is 1. The van der Waals surface area contributed by atoms with Crippen molar-refractivity contribution in [3.05, 3.63) is 46.8 Å². The number of carbonyl (C=O) groups excluding carboxylic acids is 1.